The second kappa shape index (κ2) is 5.43. The summed E-state index contributed by atoms with van der Waals surface area (Å²) in [7, 11) is 1.42. The molecule has 0 aliphatic heterocycles. The zero-order valence-electron chi connectivity index (χ0n) is 8.74. The van der Waals surface area contributed by atoms with Gasteiger partial charge in [-0.3, -0.25) is 4.79 Å². The van der Waals surface area contributed by atoms with Gasteiger partial charge >= 0.3 is 0 Å². The molecular formula is C10H13FN2O3. The maximum absolute atomic E-state index is 12.9. The molecule has 4 N–H and O–H groups in total. The lowest BCUT2D eigenvalue weighted by atomic mass is 10.2. The van der Waals surface area contributed by atoms with Gasteiger partial charge < -0.3 is 20.9 Å². The predicted molar refractivity (Wildman–Crippen MR) is 56.5 cm³/mol. The summed E-state index contributed by atoms with van der Waals surface area (Å²) < 4.78 is 17.6. The Morgan fingerprint density at radius 1 is 1.69 bits per heavy atom. The highest BCUT2D eigenvalue weighted by atomic mass is 19.1. The van der Waals surface area contributed by atoms with Crippen LogP contribution in [0.15, 0.2) is 18.2 Å². The number of aromatic hydroxyl groups is 1. The van der Waals surface area contributed by atoms with E-state index in [1.54, 1.807) is 0 Å². The fraction of sp³-hybridized carbons (Fsp3) is 0.300. The maximum Gasteiger partial charge on any atom is 0.243 e. The lowest BCUT2D eigenvalue weighted by molar-refractivity contribution is -0.118. The molecule has 0 saturated heterocycles. The van der Waals surface area contributed by atoms with Crippen LogP contribution >= 0.6 is 0 Å². The van der Waals surface area contributed by atoms with Gasteiger partial charge in [-0.15, -0.1) is 0 Å². The van der Waals surface area contributed by atoms with Gasteiger partial charge in [0.1, 0.15) is 6.04 Å². The van der Waals surface area contributed by atoms with Crippen molar-refractivity contribution in [1.82, 2.24) is 0 Å². The van der Waals surface area contributed by atoms with Crippen molar-refractivity contribution in [2.24, 2.45) is 5.73 Å². The van der Waals surface area contributed by atoms with Crippen molar-refractivity contribution < 1.29 is 19.0 Å². The lowest BCUT2D eigenvalue weighted by Gasteiger charge is -2.11. The number of anilines is 1. The van der Waals surface area contributed by atoms with Gasteiger partial charge in [-0.25, -0.2) is 4.39 Å². The normalized spacial score (nSPS) is 12.2. The molecule has 1 atom stereocenters. The van der Waals surface area contributed by atoms with Crippen molar-refractivity contribution >= 4 is 11.6 Å². The van der Waals surface area contributed by atoms with Crippen LogP contribution in [0.25, 0.3) is 0 Å². The van der Waals surface area contributed by atoms with Crippen LogP contribution in [-0.2, 0) is 9.53 Å². The van der Waals surface area contributed by atoms with Crippen molar-refractivity contribution in [3.63, 3.8) is 0 Å². The minimum absolute atomic E-state index is 0.0758. The van der Waals surface area contributed by atoms with Crippen LogP contribution in [0.1, 0.15) is 0 Å². The van der Waals surface area contributed by atoms with Crippen molar-refractivity contribution in [2.75, 3.05) is 19.0 Å². The number of benzene rings is 1. The minimum atomic E-state index is -0.818. The first-order valence-electron chi connectivity index (χ1n) is 4.58. The van der Waals surface area contributed by atoms with E-state index in [0.717, 1.165) is 12.1 Å². The average Bonchev–Trinajstić information content (AvgIpc) is 2.24. The van der Waals surface area contributed by atoms with Crippen LogP contribution < -0.4 is 11.1 Å². The van der Waals surface area contributed by atoms with Gasteiger partial charge in [0.2, 0.25) is 5.91 Å². The minimum Gasteiger partial charge on any atom is -0.505 e. The van der Waals surface area contributed by atoms with E-state index in [-0.39, 0.29) is 12.3 Å². The van der Waals surface area contributed by atoms with E-state index in [4.69, 9.17) is 15.6 Å². The van der Waals surface area contributed by atoms with Crippen LogP contribution in [0.5, 0.6) is 5.75 Å². The van der Waals surface area contributed by atoms with Gasteiger partial charge in [0, 0.05) is 18.9 Å². The van der Waals surface area contributed by atoms with Gasteiger partial charge in [-0.1, -0.05) is 0 Å². The Morgan fingerprint density at radius 3 is 2.94 bits per heavy atom. The standard InChI is InChI=1S/C10H13FN2O3/c1-16-5-8(12)10(15)13-6-2-3-9(14)7(11)4-6/h2-4,8,14H,5,12H2,1H3,(H,13,15). The van der Waals surface area contributed by atoms with E-state index >= 15 is 0 Å². The third kappa shape index (κ3) is 3.18. The van der Waals surface area contributed by atoms with E-state index in [0.29, 0.717) is 0 Å². The number of rotatable bonds is 4. The first-order valence-corrected chi connectivity index (χ1v) is 4.58. The zero-order valence-corrected chi connectivity index (χ0v) is 8.74. The number of amides is 1. The molecule has 1 unspecified atom stereocenters. The second-order valence-electron chi connectivity index (χ2n) is 3.22. The number of ether oxygens (including phenoxy) is 1. The number of phenolic OH excluding ortho intramolecular Hbond substituents is 1. The SMILES string of the molecule is COCC(N)C(=O)Nc1ccc(O)c(F)c1. The second-order valence-corrected chi connectivity index (χ2v) is 3.22. The molecule has 0 saturated carbocycles. The summed E-state index contributed by atoms with van der Waals surface area (Å²) in [6.07, 6.45) is 0. The molecule has 5 nitrogen and oxygen atoms in total. The number of halogens is 1. The highest BCUT2D eigenvalue weighted by Crippen LogP contribution is 2.19. The van der Waals surface area contributed by atoms with E-state index in [9.17, 15) is 9.18 Å². The van der Waals surface area contributed by atoms with Gasteiger partial charge in [0.15, 0.2) is 11.6 Å². The zero-order chi connectivity index (χ0) is 12.1. The van der Waals surface area contributed by atoms with Crippen molar-refractivity contribution in [3.8, 4) is 5.75 Å². The van der Waals surface area contributed by atoms with E-state index in [2.05, 4.69) is 5.32 Å². The first-order chi connectivity index (χ1) is 7.54. The van der Waals surface area contributed by atoms with Crippen LogP contribution in [-0.4, -0.2) is 30.8 Å². The summed E-state index contributed by atoms with van der Waals surface area (Å²) in [6, 6.07) is 2.71. The molecule has 0 fully saturated rings. The summed E-state index contributed by atoms with van der Waals surface area (Å²) in [5, 5.41) is 11.3. The summed E-state index contributed by atoms with van der Waals surface area (Å²) in [5.41, 5.74) is 5.69. The van der Waals surface area contributed by atoms with Crippen molar-refractivity contribution in [3.05, 3.63) is 24.0 Å². The largest absolute Gasteiger partial charge is 0.505 e. The van der Waals surface area contributed by atoms with E-state index in [1.165, 1.54) is 13.2 Å². The molecule has 88 valence electrons. The number of nitrogens with two attached hydrogens (primary N) is 1. The molecule has 0 aliphatic carbocycles. The van der Waals surface area contributed by atoms with Crippen LogP contribution in [0.3, 0.4) is 0 Å². The Morgan fingerprint density at radius 2 is 2.38 bits per heavy atom. The number of methoxy groups -OCH3 is 1. The molecule has 1 rings (SSSR count). The third-order valence-corrected chi connectivity index (χ3v) is 1.90. The number of carbonyl (C=O) groups excluding carboxylic acids is 1. The Kier molecular flexibility index (Phi) is 4.21. The van der Waals surface area contributed by atoms with Crippen molar-refractivity contribution in [2.45, 2.75) is 6.04 Å². The summed E-state index contributed by atoms with van der Waals surface area (Å²) in [6.45, 7) is 0.0758. The quantitative estimate of drug-likeness (QED) is 0.653. The van der Waals surface area contributed by atoms with Gasteiger partial charge in [-0.2, -0.15) is 0 Å². The van der Waals surface area contributed by atoms with E-state index in [1.807, 2.05) is 0 Å². The highest BCUT2D eigenvalue weighted by Gasteiger charge is 2.13. The fourth-order valence-electron chi connectivity index (χ4n) is 1.07. The first kappa shape index (κ1) is 12.4. The van der Waals surface area contributed by atoms with E-state index < -0.39 is 23.5 Å². The summed E-state index contributed by atoms with van der Waals surface area (Å²) >= 11 is 0. The number of hydrogen-bond acceptors (Lipinski definition) is 4. The number of carbonyl (C=O) groups is 1. The topological polar surface area (TPSA) is 84.6 Å². The Labute approximate surface area is 92.0 Å². The molecule has 1 aromatic carbocycles. The molecule has 1 amide bonds. The number of nitrogens with one attached hydrogen (secondary N) is 1. The predicted octanol–water partition coefficient (Wildman–Crippen LogP) is 0.444. The van der Waals surface area contributed by atoms with Crippen LogP contribution in [0.4, 0.5) is 10.1 Å². The molecule has 0 heterocycles. The number of phenols is 1. The Balaban J connectivity index is 2.66. The molecular weight excluding hydrogens is 215 g/mol. The van der Waals surface area contributed by atoms with Gasteiger partial charge in [0.05, 0.1) is 6.61 Å². The smallest absolute Gasteiger partial charge is 0.243 e. The molecule has 16 heavy (non-hydrogen) atoms. The Bertz CT molecular complexity index is 384. The molecule has 1 aromatic rings. The van der Waals surface area contributed by atoms with Crippen molar-refractivity contribution in [1.29, 1.82) is 0 Å². The highest BCUT2D eigenvalue weighted by molar-refractivity contribution is 5.94. The number of hydrogen-bond donors (Lipinski definition) is 3. The molecule has 0 radical (unpaired) electrons. The third-order valence-electron chi connectivity index (χ3n) is 1.90. The fourth-order valence-corrected chi connectivity index (χ4v) is 1.07. The van der Waals surface area contributed by atoms with Gasteiger partial charge in [0.25, 0.3) is 0 Å². The summed E-state index contributed by atoms with van der Waals surface area (Å²) in [5.74, 6) is -1.76. The molecule has 0 aromatic heterocycles. The average molecular weight is 228 g/mol. The van der Waals surface area contributed by atoms with Gasteiger partial charge in [-0.05, 0) is 12.1 Å². The van der Waals surface area contributed by atoms with Crippen LogP contribution in [0.2, 0.25) is 0 Å². The molecule has 0 aliphatic rings. The Hall–Kier alpha value is -1.66. The molecule has 0 spiro atoms. The maximum atomic E-state index is 12.9. The molecule has 6 heteroatoms. The summed E-state index contributed by atoms with van der Waals surface area (Å²) in [4.78, 5) is 11.4. The molecule has 0 bridgehead atoms. The lowest BCUT2D eigenvalue weighted by Crippen LogP contribution is -2.39. The monoisotopic (exact) mass is 228 g/mol. The van der Waals surface area contributed by atoms with Crippen LogP contribution in [0, 0.1) is 5.82 Å².